The zero-order chi connectivity index (χ0) is 14.5. The molecular weight excluding hydrogens is 248 g/mol. The molecule has 1 aliphatic carbocycles. The van der Waals surface area contributed by atoms with Gasteiger partial charge < -0.3 is 10.0 Å². The summed E-state index contributed by atoms with van der Waals surface area (Å²) in [5.74, 6) is 0.650. The quantitative estimate of drug-likeness (QED) is 0.855. The van der Waals surface area contributed by atoms with Gasteiger partial charge in [-0.1, -0.05) is 33.6 Å². The van der Waals surface area contributed by atoms with Crippen molar-refractivity contribution in [2.45, 2.75) is 65.0 Å². The van der Waals surface area contributed by atoms with Crippen molar-refractivity contribution in [3.8, 4) is 0 Å². The summed E-state index contributed by atoms with van der Waals surface area (Å²) in [4.78, 5) is 6.98. The molecule has 0 bridgehead atoms. The molecule has 3 heteroatoms. The van der Waals surface area contributed by atoms with E-state index in [-0.39, 0.29) is 0 Å². The summed E-state index contributed by atoms with van der Waals surface area (Å²) in [7, 11) is 0. The van der Waals surface area contributed by atoms with E-state index in [1.54, 1.807) is 0 Å². The maximum Gasteiger partial charge on any atom is 0.0957 e. The third kappa shape index (κ3) is 3.72. The third-order valence-corrected chi connectivity index (χ3v) is 4.16. The van der Waals surface area contributed by atoms with Crippen LogP contribution in [0.3, 0.4) is 0 Å². The number of anilines is 1. The molecule has 112 valence electrons. The molecule has 0 aliphatic heterocycles. The lowest BCUT2D eigenvalue weighted by molar-refractivity contribution is 0.169. The number of hydrogen-bond acceptors (Lipinski definition) is 3. The monoisotopic (exact) mass is 276 g/mol. The minimum atomic E-state index is -0.436. The number of aromatic nitrogens is 1. The molecule has 0 saturated heterocycles. The van der Waals surface area contributed by atoms with Gasteiger partial charge in [-0.15, -0.1) is 0 Å². The van der Waals surface area contributed by atoms with Gasteiger partial charge in [0.05, 0.1) is 23.7 Å². The first-order chi connectivity index (χ1) is 9.61. The number of nitrogens with zero attached hydrogens (tertiary/aromatic N) is 2. The fourth-order valence-corrected chi connectivity index (χ4v) is 3.05. The standard InChI is InChI=1S/C17H28N2O/c1-4-17(20)16-10-9-15(11-18-16)19(12-13(2)3)14-7-5-6-8-14/h9-11,13-14,17,20H,4-8,12H2,1-3H3/t17-/m0/s1. The first-order valence-electron chi connectivity index (χ1n) is 8.02. The van der Waals surface area contributed by atoms with Crippen LogP contribution in [-0.2, 0) is 0 Å². The number of rotatable bonds is 6. The van der Waals surface area contributed by atoms with E-state index in [9.17, 15) is 5.11 Å². The molecule has 0 aromatic carbocycles. The predicted molar refractivity (Wildman–Crippen MR) is 83.9 cm³/mol. The lowest BCUT2D eigenvalue weighted by Gasteiger charge is -2.32. The van der Waals surface area contributed by atoms with Crippen molar-refractivity contribution in [1.29, 1.82) is 0 Å². The van der Waals surface area contributed by atoms with Gasteiger partial charge in [0.15, 0.2) is 0 Å². The fourth-order valence-electron chi connectivity index (χ4n) is 3.05. The highest BCUT2D eigenvalue weighted by atomic mass is 16.3. The molecule has 1 fully saturated rings. The summed E-state index contributed by atoms with van der Waals surface area (Å²) < 4.78 is 0. The fraction of sp³-hybridized carbons (Fsp3) is 0.706. The Bertz CT molecular complexity index is 396. The molecule has 0 unspecified atom stereocenters. The van der Waals surface area contributed by atoms with E-state index in [0.29, 0.717) is 18.4 Å². The van der Waals surface area contributed by atoms with Gasteiger partial charge >= 0.3 is 0 Å². The Morgan fingerprint density at radius 3 is 2.50 bits per heavy atom. The van der Waals surface area contributed by atoms with Gasteiger partial charge in [0, 0.05) is 12.6 Å². The topological polar surface area (TPSA) is 36.4 Å². The van der Waals surface area contributed by atoms with E-state index in [1.807, 2.05) is 19.2 Å². The van der Waals surface area contributed by atoms with Crippen LogP contribution in [0.25, 0.3) is 0 Å². The summed E-state index contributed by atoms with van der Waals surface area (Å²) >= 11 is 0. The Labute approximate surface area is 123 Å². The van der Waals surface area contributed by atoms with Crippen molar-refractivity contribution < 1.29 is 5.11 Å². The zero-order valence-electron chi connectivity index (χ0n) is 13.0. The van der Waals surface area contributed by atoms with E-state index in [0.717, 1.165) is 12.2 Å². The smallest absolute Gasteiger partial charge is 0.0957 e. The van der Waals surface area contributed by atoms with Gasteiger partial charge in [-0.05, 0) is 37.3 Å². The van der Waals surface area contributed by atoms with Crippen LogP contribution in [0.2, 0.25) is 0 Å². The molecule has 0 spiro atoms. The lowest BCUT2D eigenvalue weighted by atomic mass is 10.1. The first kappa shape index (κ1) is 15.3. The van der Waals surface area contributed by atoms with Crippen LogP contribution in [0.15, 0.2) is 18.3 Å². The van der Waals surface area contributed by atoms with Gasteiger partial charge in [0.1, 0.15) is 0 Å². The van der Waals surface area contributed by atoms with Crippen molar-refractivity contribution in [3.05, 3.63) is 24.0 Å². The van der Waals surface area contributed by atoms with Crippen molar-refractivity contribution in [2.75, 3.05) is 11.4 Å². The average Bonchev–Trinajstić information content (AvgIpc) is 2.98. The summed E-state index contributed by atoms with van der Waals surface area (Å²) in [5.41, 5.74) is 1.99. The molecule has 1 heterocycles. The SMILES string of the molecule is CC[C@H](O)c1ccc(N(CC(C)C)C2CCCC2)cn1. The summed E-state index contributed by atoms with van der Waals surface area (Å²) in [6, 6.07) is 4.77. The number of pyridine rings is 1. The van der Waals surface area contributed by atoms with Crippen LogP contribution in [0.5, 0.6) is 0 Å². The molecule has 1 saturated carbocycles. The third-order valence-electron chi connectivity index (χ3n) is 4.16. The van der Waals surface area contributed by atoms with Crippen LogP contribution < -0.4 is 4.90 Å². The van der Waals surface area contributed by atoms with E-state index in [1.165, 1.54) is 31.4 Å². The van der Waals surface area contributed by atoms with Gasteiger partial charge in [0.25, 0.3) is 0 Å². The molecule has 1 N–H and O–H groups in total. The van der Waals surface area contributed by atoms with E-state index < -0.39 is 6.10 Å². The Balaban J connectivity index is 2.15. The molecule has 0 radical (unpaired) electrons. The second kappa shape index (κ2) is 7.07. The Morgan fingerprint density at radius 1 is 1.30 bits per heavy atom. The Morgan fingerprint density at radius 2 is 2.00 bits per heavy atom. The minimum Gasteiger partial charge on any atom is -0.387 e. The first-order valence-corrected chi connectivity index (χ1v) is 8.02. The van der Waals surface area contributed by atoms with Crippen LogP contribution in [0.4, 0.5) is 5.69 Å². The van der Waals surface area contributed by atoms with Crippen LogP contribution in [-0.4, -0.2) is 22.7 Å². The molecule has 20 heavy (non-hydrogen) atoms. The molecule has 2 rings (SSSR count). The lowest BCUT2D eigenvalue weighted by Crippen LogP contribution is -2.36. The Hall–Kier alpha value is -1.09. The number of hydrogen-bond donors (Lipinski definition) is 1. The average molecular weight is 276 g/mol. The zero-order valence-corrected chi connectivity index (χ0v) is 13.0. The molecule has 1 aliphatic rings. The van der Waals surface area contributed by atoms with Gasteiger partial charge in [-0.2, -0.15) is 0 Å². The molecule has 1 atom stereocenters. The van der Waals surface area contributed by atoms with E-state index >= 15 is 0 Å². The maximum atomic E-state index is 9.84. The minimum absolute atomic E-state index is 0.436. The van der Waals surface area contributed by atoms with E-state index in [4.69, 9.17) is 0 Å². The molecule has 1 aromatic rings. The predicted octanol–water partition coefficient (Wildman–Crippen LogP) is 3.93. The number of aliphatic hydroxyl groups excluding tert-OH is 1. The molecular formula is C17H28N2O. The molecule has 3 nitrogen and oxygen atoms in total. The normalized spacial score (nSPS) is 17.6. The number of aliphatic hydroxyl groups is 1. The Kier molecular flexibility index (Phi) is 5.41. The van der Waals surface area contributed by atoms with Crippen molar-refractivity contribution in [1.82, 2.24) is 4.98 Å². The van der Waals surface area contributed by atoms with E-state index in [2.05, 4.69) is 29.8 Å². The van der Waals surface area contributed by atoms with Gasteiger partial charge in [0.2, 0.25) is 0 Å². The highest BCUT2D eigenvalue weighted by Gasteiger charge is 2.23. The summed E-state index contributed by atoms with van der Waals surface area (Å²) in [6.45, 7) is 7.60. The summed E-state index contributed by atoms with van der Waals surface area (Å²) in [5, 5.41) is 9.84. The van der Waals surface area contributed by atoms with Crippen molar-refractivity contribution in [2.24, 2.45) is 5.92 Å². The van der Waals surface area contributed by atoms with Gasteiger partial charge in [-0.25, -0.2) is 0 Å². The summed E-state index contributed by atoms with van der Waals surface area (Å²) in [6.07, 6.45) is 7.50. The van der Waals surface area contributed by atoms with Crippen LogP contribution in [0, 0.1) is 5.92 Å². The second-order valence-corrected chi connectivity index (χ2v) is 6.35. The largest absolute Gasteiger partial charge is 0.387 e. The second-order valence-electron chi connectivity index (χ2n) is 6.35. The highest BCUT2D eigenvalue weighted by molar-refractivity contribution is 5.46. The van der Waals surface area contributed by atoms with Crippen LogP contribution >= 0.6 is 0 Å². The van der Waals surface area contributed by atoms with Gasteiger partial charge in [-0.3, -0.25) is 4.98 Å². The van der Waals surface area contributed by atoms with Crippen molar-refractivity contribution in [3.63, 3.8) is 0 Å². The molecule has 1 aromatic heterocycles. The highest BCUT2D eigenvalue weighted by Crippen LogP contribution is 2.29. The maximum absolute atomic E-state index is 9.84. The van der Waals surface area contributed by atoms with Crippen molar-refractivity contribution >= 4 is 5.69 Å². The molecule has 0 amide bonds. The van der Waals surface area contributed by atoms with Crippen LogP contribution in [0.1, 0.15) is 64.7 Å².